The van der Waals surface area contributed by atoms with Crippen LogP contribution >= 0.6 is 0 Å². The minimum Gasteiger partial charge on any atom is -0.464 e. The van der Waals surface area contributed by atoms with Crippen LogP contribution in [0.15, 0.2) is 77.4 Å². The van der Waals surface area contributed by atoms with Crippen molar-refractivity contribution in [2.24, 2.45) is 5.73 Å². The van der Waals surface area contributed by atoms with Gasteiger partial charge >= 0.3 is 0 Å². The van der Waals surface area contributed by atoms with Crippen molar-refractivity contribution >= 4 is 27.7 Å². The average molecular weight is 383 g/mol. The Morgan fingerprint density at radius 3 is 2.69 bits per heavy atom. The average Bonchev–Trinajstić information content (AvgIpc) is 3.35. The molecule has 4 nitrogen and oxygen atoms in total. The SMILES string of the molecule is NC(=O)c1cccc2c1c1[c]cc(-c3ccco3)cc1n2Cc1cccc(F)c1. The van der Waals surface area contributed by atoms with E-state index < -0.39 is 5.91 Å². The number of aromatic nitrogens is 1. The molecule has 2 N–H and O–H groups in total. The van der Waals surface area contributed by atoms with Crippen molar-refractivity contribution in [2.45, 2.75) is 6.54 Å². The molecule has 0 fully saturated rings. The number of primary amides is 1. The van der Waals surface area contributed by atoms with Crippen LogP contribution in [0, 0.1) is 11.9 Å². The first kappa shape index (κ1) is 17.3. The third-order valence-electron chi connectivity index (χ3n) is 5.10. The van der Waals surface area contributed by atoms with Gasteiger partial charge in [-0.2, -0.15) is 0 Å². The summed E-state index contributed by atoms with van der Waals surface area (Å²) in [5.41, 5.74) is 9.46. The second-order valence-electron chi connectivity index (χ2n) is 6.91. The van der Waals surface area contributed by atoms with Crippen molar-refractivity contribution in [3.05, 3.63) is 96.0 Å². The maximum Gasteiger partial charge on any atom is 0.249 e. The molecule has 29 heavy (non-hydrogen) atoms. The van der Waals surface area contributed by atoms with Crippen LogP contribution in [0.2, 0.25) is 0 Å². The Balaban J connectivity index is 1.82. The van der Waals surface area contributed by atoms with E-state index in [0.717, 1.165) is 38.7 Å². The second kappa shape index (κ2) is 6.63. The van der Waals surface area contributed by atoms with E-state index in [0.29, 0.717) is 12.1 Å². The maximum atomic E-state index is 13.8. The van der Waals surface area contributed by atoms with E-state index in [4.69, 9.17) is 10.2 Å². The highest BCUT2D eigenvalue weighted by Gasteiger charge is 2.18. The van der Waals surface area contributed by atoms with Crippen LogP contribution in [-0.2, 0) is 6.54 Å². The van der Waals surface area contributed by atoms with E-state index in [1.54, 1.807) is 24.5 Å². The zero-order chi connectivity index (χ0) is 20.0. The Kier molecular flexibility index (Phi) is 3.95. The Morgan fingerprint density at radius 1 is 1.07 bits per heavy atom. The smallest absolute Gasteiger partial charge is 0.249 e. The number of nitrogens with zero attached hydrogens (tertiary/aromatic N) is 1. The van der Waals surface area contributed by atoms with Crippen molar-refractivity contribution in [2.75, 3.05) is 0 Å². The number of furan rings is 1. The molecule has 2 heterocycles. The molecule has 5 heteroatoms. The lowest BCUT2D eigenvalue weighted by atomic mass is 10.0. The van der Waals surface area contributed by atoms with Gasteiger partial charge in [0.15, 0.2) is 0 Å². The molecule has 141 valence electrons. The van der Waals surface area contributed by atoms with E-state index in [1.165, 1.54) is 12.1 Å². The van der Waals surface area contributed by atoms with Gasteiger partial charge in [-0.1, -0.05) is 18.2 Å². The Morgan fingerprint density at radius 2 is 1.93 bits per heavy atom. The van der Waals surface area contributed by atoms with Crippen LogP contribution in [0.4, 0.5) is 4.39 Å². The van der Waals surface area contributed by atoms with Crippen molar-refractivity contribution in [3.8, 4) is 11.3 Å². The van der Waals surface area contributed by atoms with Gasteiger partial charge in [0.2, 0.25) is 5.91 Å². The second-order valence-corrected chi connectivity index (χ2v) is 6.91. The van der Waals surface area contributed by atoms with Gasteiger partial charge in [-0.05, 0) is 60.2 Å². The van der Waals surface area contributed by atoms with Gasteiger partial charge in [-0.3, -0.25) is 4.79 Å². The van der Waals surface area contributed by atoms with Crippen LogP contribution in [-0.4, -0.2) is 10.5 Å². The third-order valence-corrected chi connectivity index (χ3v) is 5.10. The summed E-state index contributed by atoms with van der Waals surface area (Å²) in [6, 6.07) is 22.8. The summed E-state index contributed by atoms with van der Waals surface area (Å²) >= 11 is 0. The van der Waals surface area contributed by atoms with E-state index in [9.17, 15) is 9.18 Å². The van der Waals surface area contributed by atoms with E-state index in [-0.39, 0.29) is 5.82 Å². The van der Waals surface area contributed by atoms with Crippen LogP contribution in [0.5, 0.6) is 0 Å². The molecule has 0 unspecified atom stereocenters. The topological polar surface area (TPSA) is 61.2 Å². The first-order valence-electron chi connectivity index (χ1n) is 9.16. The van der Waals surface area contributed by atoms with Gasteiger partial charge < -0.3 is 14.7 Å². The number of fused-ring (bicyclic) bond motifs is 3. The van der Waals surface area contributed by atoms with Crippen molar-refractivity contribution in [3.63, 3.8) is 0 Å². The summed E-state index contributed by atoms with van der Waals surface area (Å²) < 4.78 is 21.3. The summed E-state index contributed by atoms with van der Waals surface area (Å²) in [4.78, 5) is 12.1. The van der Waals surface area contributed by atoms with Gasteiger partial charge in [0.05, 0.1) is 17.3 Å². The number of carbonyl (C=O) groups is 1. The molecule has 0 saturated heterocycles. The van der Waals surface area contributed by atoms with Crippen LogP contribution < -0.4 is 5.73 Å². The predicted molar refractivity (Wildman–Crippen MR) is 110 cm³/mol. The zero-order valence-corrected chi connectivity index (χ0v) is 15.4. The molecule has 5 rings (SSSR count). The lowest BCUT2D eigenvalue weighted by Crippen LogP contribution is -2.11. The standard InChI is InChI=1S/C24H16FN2O2/c25-17-5-1-4-15(12-17)14-27-20-7-2-6-19(24(26)28)23(20)18-10-9-16(13-21(18)27)22-8-3-11-29-22/h1-9,11-13H,14H2,(H2,26,28). The normalized spacial score (nSPS) is 11.3. The lowest BCUT2D eigenvalue weighted by Gasteiger charge is -2.09. The quantitative estimate of drug-likeness (QED) is 0.467. The molecule has 3 aromatic carbocycles. The summed E-state index contributed by atoms with van der Waals surface area (Å²) in [7, 11) is 0. The molecule has 0 spiro atoms. The monoisotopic (exact) mass is 383 g/mol. The number of carbonyl (C=O) groups excluding carboxylic acids is 1. The molecule has 0 aliphatic carbocycles. The number of amides is 1. The minimum absolute atomic E-state index is 0.288. The fourth-order valence-corrected chi connectivity index (χ4v) is 3.83. The fraction of sp³-hybridized carbons (Fsp3) is 0.0417. The highest BCUT2D eigenvalue weighted by molar-refractivity contribution is 6.18. The van der Waals surface area contributed by atoms with Gasteiger partial charge in [0, 0.05) is 28.4 Å². The number of benzene rings is 3. The molecule has 5 aromatic rings. The van der Waals surface area contributed by atoms with E-state index in [1.807, 2.05) is 36.4 Å². The molecular weight excluding hydrogens is 367 g/mol. The number of rotatable bonds is 4. The third kappa shape index (κ3) is 2.88. The van der Waals surface area contributed by atoms with Gasteiger partial charge in [-0.15, -0.1) is 0 Å². The summed E-state index contributed by atoms with van der Waals surface area (Å²) in [5.74, 6) is -0.0614. The lowest BCUT2D eigenvalue weighted by molar-refractivity contribution is 0.100. The molecule has 1 amide bonds. The Labute approximate surface area is 166 Å². The van der Waals surface area contributed by atoms with Gasteiger partial charge in [0.1, 0.15) is 11.6 Å². The van der Waals surface area contributed by atoms with Crippen molar-refractivity contribution < 1.29 is 13.6 Å². The van der Waals surface area contributed by atoms with Crippen molar-refractivity contribution in [1.29, 1.82) is 0 Å². The fourth-order valence-electron chi connectivity index (χ4n) is 3.83. The summed E-state index contributed by atoms with van der Waals surface area (Å²) in [5, 5.41) is 1.54. The molecule has 2 aromatic heterocycles. The first-order chi connectivity index (χ1) is 14.1. The molecule has 0 saturated carbocycles. The Hall–Kier alpha value is -3.86. The number of nitrogens with two attached hydrogens (primary N) is 1. The molecule has 0 aliphatic rings. The highest BCUT2D eigenvalue weighted by atomic mass is 19.1. The van der Waals surface area contributed by atoms with Gasteiger partial charge in [-0.25, -0.2) is 4.39 Å². The zero-order valence-electron chi connectivity index (χ0n) is 15.4. The van der Waals surface area contributed by atoms with Crippen LogP contribution in [0.1, 0.15) is 15.9 Å². The predicted octanol–water partition coefficient (Wildman–Crippen LogP) is 5.14. The number of hydrogen-bond acceptors (Lipinski definition) is 2. The molecular formula is C24H16FN2O2. The molecule has 1 radical (unpaired) electrons. The van der Waals surface area contributed by atoms with E-state index in [2.05, 4.69) is 10.6 Å². The molecule has 0 bridgehead atoms. The Bertz CT molecular complexity index is 1370. The summed E-state index contributed by atoms with van der Waals surface area (Å²) in [6.07, 6.45) is 1.62. The van der Waals surface area contributed by atoms with Crippen LogP contribution in [0.3, 0.4) is 0 Å². The van der Waals surface area contributed by atoms with E-state index >= 15 is 0 Å². The molecule has 0 aliphatic heterocycles. The largest absolute Gasteiger partial charge is 0.464 e. The summed E-state index contributed by atoms with van der Waals surface area (Å²) in [6.45, 7) is 0.440. The maximum absolute atomic E-state index is 13.8. The van der Waals surface area contributed by atoms with Crippen LogP contribution in [0.25, 0.3) is 33.1 Å². The highest BCUT2D eigenvalue weighted by Crippen LogP contribution is 2.34. The minimum atomic E-state index is -0.496. The number of halogens is 1. The number of hydrogen-bond donors (Lipinski definition) is 1. The van der Waals surface area contributed by atoms with Gasteiger partial charge in [0.25, 0.3) is 0 Å². The first-order valence-corrected chi connectivity index (χ1v) is 9.16. The van der Waals surface area contributed by atoms with Crippen molar-refractivity contribution in [1.82, 2.24) is 4.57 Å². The molecule has 0 atom stereocenters.